The predicted octanol–water partition coefficient (Wildman–Crippen LogP) is 3.50. The lowest BCUT2D eigenvalue weighted by Crippen LogP contribution is -2.38. The van der Waals surface area contributed by atoms with Gasteiger partial charge in [-0.15, -0.1) is 0 Å². The maximum atomic E-state index is 13.4. The average Bonchev–Trinajstić information content (AvgIpc) is 3.52. The van der Waals surface area contributed by atoms with Crippen molar-refractivity contribution in [1.82, 2.24) is 0 Å². The first kappa shape index (κ1) is 24.4. The number of hydrogen-bond donors (Lipinski definition) is 0. The van der Waals surface area contributed by atoms with E-state index in [1.807, 2.05) is 0 Å². The summed E-state index contributed by atoms with van der Waals surface area (Å²) in [6.07, 6.45) is 2.20. The van der Waals surface area contributed by atoms with Crippen LogP contribution in [0.1, 0.15) is 44.0 Å². The molecule has 8 nitrogen and oxygen atoms in total. The zero-order valence-electron chi connectivity index (χ0n) is 18.0. The van der Waals surface area contributed by atoms with E-state index in [2.05, 4.69) is 4.74 Å². The van der Waals surface area contributed by atoms with Crippen molar-refractivity contribution in [2.75, 3.05) is 14.2 Å². The molecule has 31 heavy (non-hydrogen) atoms. The predicted molar refractivity (Wildman–Crippen MR) is 111 cm³/mol. The third kappa shape index (κ3) is 6.55. The zero-order chi connectivity index (χ0) is 23.3. The standard InChI is InChI=1S/C22H25ClO8/c1-22(2,3)31-21(27)17(18(24)12-6-7-12)19(25)14-10-13(23)8-9-15(14)30-16(11-28-4)20(26)29-5/h8-12,17H,6-7H2,1-5H3. The second kappa shape index (κ2) is 9.96. The number of hydrogen-bond acceptors (Lipinski definition) is 8. The Hall–Kier alpha value is -2.87. The van der Waals surface area contributed by atoms with Gasteiger partial charge in [-0.05, 0) is 51.8 Å². The largest absolute Gasteiger partial charge is 0.500 e. The molecular weight excluding hydrogens is 428 g/mol. The van der Waals surface area contributed by atoms with Crippen LogP contribution >= 0.6 is 11.6 Å². The Morgan fingerprint density at radius 3 is 2.29 bits per heavy atom. The van der Waals surface area contributed by atoms with Crippen LogP contribution in [0, 0.1) is 11.8 Å². The molecule has 2 rings (SSSR count). The molecule has 1 aromatic rings. The van der Waals surface area contributed by atoms with Crippen LogP contribution in [0.5, 0.6) is 5.75 Å². The molecule has 0 radical (unpaired) electrons. The van der Waals surface area contributed by atoms with Crippen LogP contribution in [0.15, 0.2) is 30.2 Å². The van der Waals surface area contributed by atoms with E-state index < -0.39 is 35.0 Å². The van der Waals surface area contributed by atoms with E-state index in [4.69, 9.17) is 25.8 Å². The molecule has 0 N–H and O–H groups in total. The monoisotopic (exact) mass is 452 g/mol. The van der Waals surface area contributed by atoms with E-state index in [0.29, 0.717) is 12.8 Å². The van der Waals surface area contributed by atoms with Gasteiger partial charge in [0.05, 0.1) is 19.8 Å². The summed E-state index contributed by atoms with van der Waals surface area (Å²) in [7, 11) is 2.45. The van der Waals surface area contributed by atoms with Gasteiger partial charge >= 0.3 is 11.9 Å². The van der Waals surface area contributed by atoms with Gasteiger partial charge in [0.2, 0.25) is 5.76 Å². The van der Waals surface area contributed by atoms with Crippen LogP contribution in [-0.2, 0) is 28.6 Å². The lowest BCUT2D eigenvalue weighted by molar-refractivity contribution is -0.160. The van der Waals surface area contributed by atoms with Crippen molar-refractivity contribution in [1.29, 1.82) is 0 Å². The van der Waals surface area contributed by atoms with Gasteiger partial charge < -0.3 is 18.9 Å². The molecule has 1 fully saturated rings. The lowest BCUT2D eigenvalue weighted by Gasteiger charge is -2.23. The minimum Gasteiger partial charge on any atom is -0.500 e. The third-order valence-electron chi connectivity index (χ3n) is 4.21. The van der Waals surface area contributed by atoms with Gasteiger partial charge in [-0.2, -0.15) is 0 Å². The van der Waals surface area contributed by atoms with Crippen molar-refractivity contribution in [3.8, 4) is 5.75 Å². The first-order chi connectivity index (χ1) is 14.5. The fourth-order valence-electron chi connectivity index (χ4n) is 2.70. The van der Waals surface area contributed by atoms with Gasteiger partial charge in [0.25, 0.3) is 0 Å². The summed E-state index contributed by atoms with van der Waals surface area (Å²) >= 11 is 6.05. The molecule has 1 aromatic carbocycles. The van der Waals surface area contributed by atoms with E-state index in [-0.39, 0.29) is 28.0 Å². The lowest BCUT2D eigenvalue weighted by atomic mass is 9.90. The quantitative estimate of drug-likeness (QED) is 0.184. The molecule has 0 aromatic heterocycles. The van der Waals surface area contributed by atoms with Gasteiger partial charge in [-0.25, -0.2) is 4.79 Å². The van der Waals surface area contributed by atoms with Gasteiger partial charge in [-0.3, -0.25) is 14.4 Å². The number of Topliss-reactive ketones (excluding diaryl/α,β-unsaturated/α-hetero) is 2. The van der Waals surface area contributed by atoms with Gasteiger partial charge in [0, 0.05) is 10.9 Å². The van der Waals surface area contributed by atoms with Crippen molar-refractivity contribution in [3.63, 3.8) is 0 Å². The summed E-state index contributed by atoms with van der Waals surface area (Å²) in [5.74, 6) is -5.61. The highest BCUT2D eigenvalue weighted by atomic mass is 35.5. The van der Waals surface area contributed by atoms with E-state index in [9.17, 15) is 19.2 Å². The Labute approximate surface area is 185 Å². The Kier molecular flexibility index (Phi) is 7.84. The van der Waals surface area contributed by atoms with Gasteiger partial charge in [0.15, 0.2) is 17.5 Å². The minimum atomic E-state index is -1.67. The van der Waals surface area contributed by atoms with Crippen LogP contribution in [0.4, 0.5) is 0 Å². The Bertz CT molecular complexity index is 909. The van der Waals surface area contributed by atoms with Gasteiger partial charge in [-0.1, -0.05) is 11.6 Å². The molecule has 0 spiro atoms. The summed E-state index contributed by atoms with van der Waals surface area (Å²) < 4.78 is 20.3. The van der Waals surface area contributed by atoms with E-state index in [1.165, 1.54) is 25.3 Å². The minimum absolute atomic E-state index is 0.0970. The molecule has 9 heteroatoms. The van der Waals surface area contributed by atoms with Gasteiger partial charge in [0.1, 0.15) is 17.6 Å². The summed E-state index contributed by atoms with van der Waals surface area (Å²) in [5.41, 5.74) is -1.05. The van der Waals surface area contributed by atoms with Crippen molar-refractivity contribution in [2.45, 2.75) is 39.2 Å². The Balaban J connectivity index is 2.47. The molecule has 1 aliphatic rings. The van der Waals surface area contributed by atoms with Crippen LogP contribution in [0.3, 0.4) is 0 Å². The number of ketones is 2. The Morgan fingerprint density at radius 2 is 1.77 bits per heavy atom. The fraction of sp³-hybridized carbons (Fsp3) is 0.455. The number of rotatable bonds is 9. The maximum absolute atomic E-state index is 13.4. The molecule has 1 saturated carbocycles. The average molecular weight is 453 g/mol. The maximum Gasteiger partial charge on any atom is 0.377 e. The van der Waals surface area contributed by atoms with Crippen LogP contribution in [-0.4, -0.2) is 43.3 Å². The van der Waals surface area contributed by atoms with E-state index in [1.54, 1.807) is 20.8 Å². The van der Waals surface area contributed by atoms with E-state index in [0.717, 1.165) is 13.4 Å². The molecule has 0 heterocycles. The molecule has 1 unspecified atom stereocenters. The molecule has 0 saturated heterocycles. The molecular formula is C22H25ClO8. The van der Waals surface area contributed by atoms with Crippen molar-refractivity contribution >= 4 is 35.1 Å². The number of esters is 2. The summed E-state index contributed by atoms with van der Waals surface area (Å²) in [6.45, 7) is 4.92. The van der Waals surface area contributed by atoms with E-state index >= 15 is 0 Å². The highest BCUT2D eigenvalue weighted by Gasteiger charge is 2.45. The molecule has 0 aliphatic heterocycles. The van der Waals surface area contributed by atoms with Crippen LogP contribution in [0.25, 0.3) is 0 Å². The summed E-state index contributed by atoms with van der Waals surface area (Å²) in [5, 5.41) is 0.174. The highest BCUT2D eigenvalue weighted by molar-refractivity contribution is 6.31. The first-order valence-electron chi connectivity index (χ1n) is 9.58. The number of benzene rings is 1. The smallest absolute Gasteiger partial charge is 0.377 e. The molecule has 1 atom stereocenters. The van der Waals surface area contributed by atoms with Crippen LogP contribution in [0.2, 0.25) is 5.02 Å². The van der Waals surface area contributed by atoms with Crippen molar-refractivity contribution in [2.24, 2.45) is 11.8 Å². The van der Waals surface area contributed by atoms with Crippen LogP contribution < -0.4 is 4.74 Å². The molecule has 168 valence electrons. The topological polar surface area (TPSA) is 105 Å². The number of methoxy groups -OCH3 is 2. The number of ether oxygens (including phenoxy) is 4. The zero-order valence-corrected chi connectivity index (χ0v) is 18.8. The third-order valence-corrected chi connectivity index (χ3v) is 4.44. The number of halogens is 1. The normalized spacial score (nSPS) is 15.0. The summed E-state index contributed by atoms with van der Waals surface area (Å²) in [6, 6.07) is 4.04. The number of carbonyl (C=O) groups excluding carboxylic acids is 4. The Morgan fingerprint density at radius 1 is 1.13 bits per heavy atom. The molecule has 1 aliphatic carbocycles. The number of carbonyl (C=O) groups is 4. The highest BCUT2D eigenvalue weighted by Crippen LogP contribution is 2.36. The van der Waals surface area contributed by atoms with Crippen molar-refractivity contribution in [3.05, 3.63) is 40.8 Å². The fourth-order valence-corrected chi connectivity index (χ4v) is 2.87. The summed E-state index contributed by atoms with van der Waals surface area (Å²) in [4.78, 5) is 50.9. The molecule has 0 bridgehead atoms. The first-order valence-corrected chi connectivity index (χ1v) is 9.95. The van der Waals surface area contributed by atoms with Crippen molar-refractivity contribution < 1.29 is 38.1 Å². The second-order valence-electron chi connectivity index (χ2n) is 7.96. The molecule has 0 amide bonds. The second-order valence-corrected chi connectivity index (χ2v) is 8.40. The SMILES string of the molecule is COC=C(Oc1ccc(Cl)cc1C(=O)C(C(=O)OC(C)(C)C)C(=O)C1CC1)C(=O)OC.